The summed E-state index contributed by atoms with van der Waals surface area (Å²) in [6.45, 7) is 2.21. The first-order valence-corrected chi connectivity index (χ1v) is 6.76. The molecule has 1 aromatic carbocycles. The van der Waals surface area contributed by atoms with E-state index in [9.17, 15) is 0 Å². The van der Waals surface area contributed by atoms with Gasteiger partial charge in [-0.3, -0.25) is 0 Å². The van der Waals surface area contributed by atoms with E-state index in [2.05, 4.69) is 16.6 Å². The summed E-state index contributed by atoms with van der Waals surface area (Å²) in [5, 5.41) is 7.87. The Hall–Kier alpha value is -1.81. The molecule has 1 aliphatic rings. The van der Waals surface area contributed by atoms with E-state index in [1.165, 1.54) is 18.4 Å². The van der Waals surface area contributed by atoms with E-state index in [0.717, 1.165) is 24.5 Å². The number of methoxy groups -OCH3 is 1. The predicted molar refractivity (Wildman–Crippen MR) is 75.0 cm³/mol. The van der Waals surface area contributed by atoms with E-state index in [4.69, 9.17) is 4.74 Å². The second kappa shape index (κ2) is 5.45. The first kappa shape index (κ1) is 12.2. The minimum atomic E-state index is 0.639. The molecule has 0 unspecified atom stereocenters. The summed E-state index contributed by atoms with van der Waals surface area (Å²) in [5.74, 6) is 1.50. The van der Waals surface area contributed by atoms with Gasteiger partial charge < -0.3 is 10.1 Å². The summed E-state index contributed by atoms with van der Waals surface area (Å²) < 4.78 is 7.18. The van der Waals surface area contributed by atoms with E-state index in [1.54, 1.807) is 7.11 Å². The Balaban J connectivity index is 1.83. The van der Waals surface area contributed by atoms with Crippen LogP contribution in [0.3, 0.4) is 0 Å². The maximum Gasteiger partial charge on any atom is 0.121 e. The van der Waals surface area contributed by atoms with Crippen LogP contribution in [0.1, 0.15) is 24.3 Å². The van der Waals surface area contributed by atoms with Gasteiger partial charge in [0.25, 0.3) is 0 Å². The molecule has 0 amide bonds. The Morgan fingerprint density at radius 1 is 1.32 bits per heavy atom. The van der Waals surface area contributed by atoms with E-state index in [0.29, 0.717) is 5.92 Å². The molecule has 0 radical (unpaired) electrons. The molecule has 1 aromatic heterocycles. The topological polar surface area (TPSA) is 39.1 Å². The lowest BCUT2D eigenvalue weighted by molar-refractivity contribution is 0.414. The van der Waals surface area contributed by atoms with Gasteiger partial charge in [-0.1, -0.05) is 6.07 Å². The minimum Gasteiger partial charge on any atom is -0.497 e. The van der Waals surface area contributed by atoms with Crippen molar-refractivity contribution in [2.45, 2.75) is 18.8 Å². The van der Waals surface area contributed by atoms with E-state index in [1.807, 2.05) is 35.1 Å². The predicted octanol–water partition coefficient (Wildman–Crippen LogP) is 2.35. The van der Waals surface area contributed by atoms with Crippen LogP contribution >= 0.6 is 0 Å². The number of aromatic nitrogens is 2. The Morgan fingerprint density at radius 3 is 2.95 bits per heavy atom. The molecule has 2 aromatic rings. The number of nitrogens with one attached hydrogen (secondary N) is 1. The molecule has 19 heavy (non-hydrogen) atoms. The van der Waals surface area contributed by atoms with Crippen molar-refractivity contribution in [1.82, 2.24) is 15.1 Å². The molecule has 0 bridgehead atoms. The summed E-state index contributed by atoms with van der Waals surface area (Å²) >= 11 is 0. The van der Waals surface area contributed by atoms with Gasteiger partial charge in [0, 0.05) is 12.3 Å². The van der Waals surface area contributed by atoms with Crippen LogP contribution in [0.2, 0.25) is 0 Å². The third-order valence-corrected chi connectivity index (χ3v) is 3.73. The van der Waals surface area contributed by atoms with Crippen LogP contribution in [0.5, 0.6) is 5.75 Å². The molecule has 1 fully saturated rings. The normalized spacial score (nSPS) is 16.5. The SMILES string of the molecule is COc1cccc(-n2cc(C3CCNCC3)cn2)c1. The van der Waals surface area contributed by atoms with Crippen molar-refractivity contribution in [3.63, 3.8) is 0 Å². The maximum absolute atomic E-state index is 5.25. The first-order valence-electron chi connectivity index (χ1n) is 6.76. The molecule has 1 saturated heterocycles. The zero-order valence-electron chi connectivity index (χ0n) is 11.2. The number of rotatable bonds is 3. The summed E-state index contributed by atoms with van der Waals surface area (Å²) in [6, 6.07) is 7.97. The van der Waals surface area contributed by atoms with Gasteiger partial charge in [-0.15, -0.1) is 0 Å². The fourth-order valence-corrected chi connectivity index (χ4v) is 2.60. The van der Waals surface area contributed by atoms with Crippen LogP contribution < -0.4 is 10.1 Å². The second-order valence-corrected chi connectivity index (χ2v) is 4.94. The molecule has 100 valence electrons. The average molecular weight is 257 g/mol. The number of hydrogen-bond acceptors (Lipinski definition) is 3. The van der Waals surface area contributed by atoms with Gasteiger partial charge in [0.05, 0.1) is 19.0 Å². The number of nitrogens with zero attached hydrogens (tertiary/aromatic N) is 2. The number of ether oxygens (including phenoxy) is 1. The summed E-state index contributed by atoms with van der Waals surface area (Å²) in [4.78, 5) is 0. The highest BCUT2D eigenvalue weighted by molar-refractivity contribution is 5.39. The Morgan fingerprint density at radius 2 is 2.16 bits per heavy atom. The maximum atomic E-state index is 5.25. The van der Waals surface area contributed by atoms with Crippen molar-refractivity contribution in [2.75, 3.05) is 20.2 Å². The number of benzene rings is 1. The molecule has 4 nitrogen and oxygen atoms in total. The average Bonchev–Trinajstić information content (AvgIpc) is 2.98. The van der Waals surface area contributed by atoms with Crippen LogP contribution in [0, 0.1) is 0 Å². The molecule has 2 heterocycles. The van der Waals surface area contributed by atoms with E-state index < -0.39 is 0 Å². The van der Waals surface area contributed by atoms with Crippen molar-refractivity contribution in [2.24, 2.45) is 0 Å². The molecule has 0 atom stereocenters. The fourth-order valence-electron chi connectivity index (χ4n) is 2.60. The Labute approximate surface area is 113 Å². The van der Waals surface area contributed by atoms with Crippen molar-refractivity contribution < 1.29 is 4.74 Å². The van der Waals surface area contributed by atoms with Gasteiger partial charge in [0.1, 0.15) is 5.75 Å². The third kappa shape index (κ3) is 2.63. The van der Waals surface area contributed by atoms with Crippen molar-refractivity contribution in [3.05, 3.63) is 42.2 Å². The van der Waals surface area contributed by atoms with Crippen LogP contribution in [0.15, 0.2) is 36.7 Å². The molecular formula is C15H19N3O. The monoisotopic (exact) mass is 257 g/mol. The molecule has 1 aliphatic heterocycles. The molecule has 4 heteroatoms. The Kier molecular flexibility index (Phi) is 3.51. The molecule has 3 rings (SSSR count). The van der Waals surface area contributed by atoms with Crippen molar-refractivity contribution in [1.29, 1.82) is 0 Å². The van der Waals surface area contributed by atoms with E-state index >= 15 is 0 Å². The van der Waals surface area contributed by atoms with Gasteiger partial charge in [-0.05, 0) is 49.5 Å². The number of hydrogen-bond donors (Lipinski definition) is 1. The van der Waals surface area contributed by atoms with Crippen LogP contribution in [0.25, 0.3) is 5.69 Å². The molecule has 0 spiro atoms. The van der Waals surface area contributed by atoms with Crippen LogP contribution in [0.4, 0.5) is 0 Å². The van der Waals surface area contributed by atoms with Gasteiger partial charge in [-0.2, -0.15) is 5.10 Å². The van der Waals surface area contributed by atoms with Gasteiger partial charge in [-0.25, -0.2) is 4.68 Å². The zero-order chi connectivity index (χ0) is 13.1. The zero-order valence-corrected chi connectivity index (χ0v) is 11.2. The van der Waals surface area contributed by atoms with Crippen LogP contribution in [-0.2, 0) is 0 Å². The second-order valence-electron chi connectivity index (χ2n) is 4.94. The lowest BCUT2D eigenvalue weighted by Crippen LogP contribution is -2.26. The van der Waals surface area contributed by atoms with Crippen molar-refractivity contribution in [3.8, 4) is 11.4 Å². The standard InChI is InChI=1S/C15H19N3O/c1-19-15-4-2-3-14(9-15)18-11-13(10-17-18)12-5-7-16-8-6-12/h2-4,9-12,16H,5-8H2,1H3. The fraction of sp³-hybridized carbons (Fsp3) is 0.400. The Bertz CT molecular complexity index is 544. The van der Waals surface area contributed by atoms with Gasteiger partial charge in [0.15, 0.2) is 0 Å². The summed E-state index contributed by atoms with van der Waals surface area (Å²) in [5.41, 5.74) is 2.38. The largest absolute Gasteiger partial charge is 0.497 e. The quantitative estimate of drug-likeness (QED) is 0.917. The van der Waals surface area contributed by atoms with Gasteiger partial charge >= 0.3 is 0 Å². The minimum absolute atomic E-state index is 0.639. The lowest BCUT2D eigenvalue weighted by atomic mass is 9.93. The highest BCUT2D eigenvalue weighted by atomic mass is 16.5. The number of piperidine rings is 1. The smallest absolute Gasteiger partial charge is 0.121 e. The van der Waals surface area contributed by atoms with Crippen LogP contribution in [-0.4, -0.2) is 30.0 Å². The highest BCUT2D eigenvalue weighted by Gasteiger charge is 2.16. The highest BCUT2D eigenvalue weighted by Crippen LogP contribution is 2.25. The molecular weight excluding hydrogens is 238 g/mol. The van der Waals surface area contributed by atoms with Crippen molar-refractivity contribution >= 4 is 0 Å². The lowest BCUT2D eigenvalue weighted by Gasteiger charge is -2.21. The third-order valence-electron chi connectivity index (χ3n) is 3.73. The summed E-state index contributed by atoms with van der Waals surface area (Å²) in [6.07, 6.45) is 6.54. The first-order chi connectivity index (χ1) is 9.36. The molecule has 0 aliphatic carbocycles. The summed E-state index contributed by atoms with van der Waals surface area (Å²) in [7, 11) is 1.68. The molecule has 0 saturated carbocycles. The van der Waals surface area contributed by atoms with E-state index in [-0.39, 0.29) is 0 Å². The van der Waals surface area contributed by atoms with Gasteiger partial charge in [0.2, 0.25) is 0 Å². The molecule has 1 N–H and O–H groups in total.